The van der Waals surface area contributed by atoms with Gasteiger partial charge in [0, 0.05) is 13.0 Å². The Morgan fingerprint density at radius 3 is 2.84 bits per heavy atom. The van der Waals surface area contributed by atoms with Crippen LogP contribution in [0.15, 0.2) is 18.2 Å². The Kier molecular flexibility index (Phi) is 5.91. The van der Waals surface area contributed by atoms with E-state index in [-0.39, 0.29) is 30.5 Å². The van der Waals surface area contributed by atoms with Crippen LogP contribution in [0.1, 0.15) is 12.0 Å². The molecule has 1 fully saturated rings. The summed E-state index contributed by atoms with van der Waals surface area (Å²) < 4.78 is 10.5. The highest BCUT2D eigenvalue weighted by molar-refractivity contribution is 6.32. The van der Waals surface area contributed by atoms with Crippen molar-refractivity contribution in [3.8, 4) is 5.75 Å². The summed E-state index contributed by atoms with van der Waals surface area (Å²) in [6.45, 7) is 2.59. The molecule has 1 saturated heterocycles. The molecule has 0 aromatic heterocycles. The minimum Gasteiger partial charge on any atom is -0.487 e. The SMILES string of the molecule is COC(=O)C1CC(Oc2ccc(C)cc2Cl)CN1.Cl. The van der Waals surface area contributed by atoms with Gasteiger partial charge < -0.3 is 14.8 Å². The van der Waals surface area contributed by atoms with E-state index in [1.54, 1.807) is 0 Å². The van der Waals surface area contributed by atoms with Crippen molar-refractivity contribution in [1.82, 2.24) is 5.32 Å². The van der Waals surface area contributed by atoms with E-state index in [1.165, 1.54) is 7.11 Å². The first-order valence-corrected chi connectivity index (χ1v) is 6.22. The van der Waals surface area contributed by atoms with Crippen LogP contribution in [0.3, 0.4) is 0 Å². The summed E-state index contributed by atoms with van der Waals surface area (Å²) in [4.78, 5) is 11.4. The van der Waals surface area contributed by atoms with Crippen LogP contribution in [-0.2, 0) is 9.53 Å². The fourth-order valence-electron chi connectivity index (χ4n) is 2.00. The van der Waals surface area contributed by atoms with E-state index < -0.39 is 0 Å². The summed E-state index contributed by atoms with van der Waals surface area (Å²) in [6.07, 6.45) is 0.533. The van der Waals surface area contributed by atoms with Gasteiger partial charge in [-0.25, -0.2) is 0 Å². The van der Waals surface area contributed by atoms with Crippen molar-refractivity contribution >= 4 is 30.0 Å². The number of halogens is 2. The first kappa shape index (κ1) is 16.1. The minimum atomic E-state index is -0.288. The fraction of sp³-hybridized carbons (Fsp3) is 0.462. The van der Waals surface area contributed by atoms with Gasteiger partial charge in [0.15, 0.2) is 0 Å². The molecule has 0 bridgehead atoms. The number of benzene rings is 1. The molecule has 1 aliphatic rings. The number of rotatable bonds is 3. The van der Waals surface area contributed by atoms with Gasteiger partial charge in [-0.1, -0.05) is 17.7 Å². The molecule has 106 valence electrons. The number of ether oxygens (including phenoxy) is 2. The van der Waals surface area contributed by atoms with Crippen LogP contribution < -0.4 is 10.1 Å². The first-order chi connectivity index (χ1) is 8.60. The number of aryl methyl sites for hydroxylation is 1. The Bertz CT molecular complexity index is 454. The summed E-state index contributed by atoms with van der Waals surface area (Å²) in [6, 6.07) is 5.37. The molecule has 1 heterocycles. The van der Waals surface area contributed by atoms with Gasteiger partial charge in [0.2, 0.25) is 0 Å². The molecule has 0 aliphatic carbocycles. The van der Waals surface area contributed by atoms with E-state index in [1.807, 2.05) is 25.1 Å². The first-order valence-electron chi connectivity index (χ1n) is 5.84. The van der Waals surface area contributed by atoms with Crippen LogP contribution in [0.2, 0.25) is 5.02 Å². The molecule has 1 aromatic carbocycles. The molecule has 1 aliphatic heterocycles. The third-order valence-corrected chi connectivity index (χ3v) is 3.25. The summed E-state index contributed by atoms with van der Waals surface area (Å²) in [5.41, 5.74) is 1.09. The molecule has 4 nitrogen and oxygen atoms in total. The summed E-state index contributed by atoms with van der Waals surface area (Å²) in [7, 11) is 1.38. The highest BCUT2D eigenvalue weighted by Gasteiger charge is 2.31. The molecule has 6 heteroatoms. The smallest absolute Gasteiger partial charge is 0.323 e. The second-order valence-corrected chi connectivity index (χ2v) is 4.80. The predicted octanol–water partition coefficient (Wildman–Crippen LogP) is 2.35. The Balaban J connectivity index is 0.00000180. The zero-order chi connectivity index (χ0) is 13.1. The van der Waals surface area contributed by atoms with Gasteiger partial charge in [-0.3, -0.25) is 4.79 Å². The lowest BCUT2D eigenvalue weighted by Gasteiger charge is -2.14. The molecule has 1 aromatic rings. The van der Waals surface area contributed by atoms with Crippen LogP contribution in [-0.4, -0.2) is 31.8 Å². The zero-order valence-electron chi connectivity index (χ0n) is 10.8. The van der Waals surface area contributed by atoms with Crippen LogP contribution in [0.4, 0.5) is 0 Å². The number of esters is 1. The van der Waals surface area contributed by atoms with Gasteiger partial charge in [0.1, 0.15) is 17.9 Å². The van der Waals surface area contributed by atoms with Crippen molar-refractivity contribution in [1.29, 1.82) is 0 Å². The van der Waals surface area contributed by atoms with Crippen molar-refractivity contribution in [3.05, 3.63) is 28.8 Å². The average Bonchev–Trinajstić information content (AvgIpc) is 2.80. The molecule has 19 heavy (non-hydrogen) atoms. The Morgan fingerprint density at radius 2 is 2.21 bits per heavy atom. The number of carbonyl (C=O) groups excluding carboxylic acids is 1. The number of methoxy groups -OCH3 is 1. The molecule has 0 amide bonds. The van der Waals surface area contributed by atoms with Gasteiger partial charge in [-0.05, 0) is 24.6 Å². The van der Waals surface area contributed by atoms with Crippen LogP contribution in [0.25, 0.3) is 0 Å². The van der Waals surface area contributed by atoms with Crippen molar-refractivity contribution in [3.63, 3.8) is 0 Å². The maximum absolute atomic E-state index is 11.4. The standard InChI is InChI=1S/C13H16ClNO3.ClH/c1-8-3-4-12(10(14)5-8)18-9-6-11(15-7-9)13(16)17-2;/h3-5,9,11,15H,6-7H2,1-2H3;1H. The van der Waals surface area contributed by atoms with E-state index in [0.717, 1.165) is 5.56 Å². The highest BCUT2D eigenvalue weighted by atomic mass is 35.5. The third kappa shape index (κ3) is 4.00. The molecule has 2 unspecified atom stereocenters. The Labute approximate surface area is 123 Å². The normalized spacial score (nSPS) is 21.6. The Morgan fingerprint density at radius 1 is 1.47 bits per heavy atom. The average molecular weight is 306 g/mol. The number of hydrogen-bond acceptors (Lipinski definition) is 4. The van der Waals surface area contributed by atoms with Crippen molar-refractivity contribution < 1.29 is 14.3 Å². The maximum atomic E-state index is 11.4. The largest absolute Gasteiger partial charge is 0.487 e. The van der Waals surface area contributed by atoms with E-state index in [0.29, 0.717) is 23.7 Å². The van der Waals surface area contributed by atoms with E-state index in [2.05, 4.69) is 10.1 Å². The third-order valence-electron chi connectivity index (χ3n) is 2.96. The van der Waals surface area contributed by atoms with Crippen LogP contribution in [0, 0.1) is 6.92 Å². The summed E-state index contributed by atoms with van der Waals surface area (Å²) in [5, 5.41) is 3.66. The Hall–Kier alpha value is -0.970. The minimum absolute atomic E-state index is 0. The highest BCUT2D eigenvalue weighted by Crippen LogP contribution is 2.27. The van der Waals surface area contributed by atoms with Gasteiger partial charge >= 0.3 is 5.97 Å². The molecule has 0 spiro atoms. The van der Waals surface area contributed by atoms with E-state index in [9.17, 15) is 4.79 Å². The van der Waals surface area contributed by atoms with Crippen molar-refractivity contribution in [2.24, 2.45) is 0 Å². The second-order valence-electron chi connectivity index (χ2n) is 4.39. The molecular weight excluding hydrogens is 289 g/mol. The topological polar surface area (TPSA) is 47.6 Å². The molecule has 1 N–H and O–H groups in total. The molecular formula is C13H17Cl2NO3. The van der Waals surface area contributed by atoms with Crippen LogP contribution in [0.5, 0.6) is 5.75 Å². The lowest BCUT2D eigenvalue weighted by molar-refractivity contribution is -0.142. The number of carbonyl (C=O) groups is 1. The van der Waals surface area contributed by atoms with Gasteiger partial charge in [0.05, 0.1) is 12.1 Å². The molecule has 0 radical (unpaired) electrons. The van der Waals surface area contributed by atoms with E-state index in [4.69, 9.17) is 16.3 Å². The van der Waals surface area contributed by atoms with Crippen molar-refractivity contribution in [2.45, 2.75) is 25.5 Å². The summed E-state index contributed by atoms with van der Waals surface area (Å²) in [5.74, 6) is 0.399. The predicted molar refractivity (Wildman–Crippen MR) is 76.3 cm³/mol. The fourth-order valence-corrected chi connectivity index (χ4v) is 2.28. The second kappa shape index (κ2) is 6.98. The van der Waals surface area contributed by atoms with E-state index >= 15 is 0 Å². The molecule has 2 atom stereocenters. The summed E-state index contributed by atoms with van der Waals surface area (Å²) >= 11 is 6.10. The zero-order valence-corrected chi connectivity index (χ0v) is 12.4. The van der Waals surface area contributed by atoms with Gasteiger partial charge in [0.25, 0.3) is 0 Å². The van der Waals surface area contributed by atoms with Crippen LogP contribution >= 0.6 is 24.0 Å². The molecule has 0 saturated carbocycles. The number of hydrogen-bond donors (Lipinski definition) is 1. The van der Waals surface area contributed by atoms with Gasteiger partial charge in [-0.15, -0.1) is 12.4 Å². The van der Waals surface area contributed by atoms with Gasteiger partial charge in [-0.2, -0.15) is 0 Å². The quantitative estimate of drug-likeness (QED) is 0.871. The lowest BCUT2D eigenvalue weighted by atomic mass is 10.2. The monoisotopic (exact) mass is 305 g/mol. The lowest BCUT2D eigenvalue weighted by Crippen LogP contribution is -2.31. The maximum Gasteiger partial charge on any atom is 0.323 e. The molecule has 2 rings (SSSR count). The van der Waals surface area contributed by atoms with Crippen molar-refractivity contribution in [2.75, 3.05) is 13.7 Å². The number of nitrogens with one attached hydrogen (secondary N) is 1.